The van der Waals surface area contributed by atoms with E-state index in [1.807, 2.05) is 6.92 Å². The van der Waals surface area contributed by atoms with Crippen LogP contribution in [0.5, 0.6) is 0 Å². The summed E-state index contributed by atoms with van der Waals surface area (Å²) in [6, 6.07) is 0. The molecule has 1 fully saturated rings. The highest BCUT2D eigenvalue weighted by Gasteiger charge is 2.25. The number of aliphatic hydroxyl groups is 1. The van der Waals surface area contributed by atoms with Crippen molar-refractivity contribution in [2.24, 2.45) is 0 Å². The smallest absolute Gasteiger partial charge is 0.229 e. The Morgan fingerprint density at radius 1 is 1.35 bits per heavy atom. The molecule has 0 aromatic carbocycles. The van der Waals surface area contributed by atoms with Crippen molar-refractivity contribution in [3.8, 4) is 0 Å². The van der Waals surface area contributed by atoms with Gasteiger partial charge in [-0.1, -0.05) is 5.16 Å². The van der Waals surface area contributed by atoms with Crippen molar-refractivity contribution in [3.05, 3.63) is 11.7 Å². The van der Waals surface area contributed by atoms with Crippen LogP contribution in [0, 0.1) is 0 Å². The molecule has 0 radical (unpaired) electrons. The molecule has 1 saturated carbocycles. The number of aromatic nitrogens is 2. The predicted octanol–water partition coefficient (Wildman–Crippen LogP) is 1.67. The lowest BCUT2D eigenvalue weighted by Gasteiger charge is -2.22. The van der Waals surface area contributed by atoms with Crippen molar-refractivity contribution in [1.29, 1.82) is 0 Å². The average molecular weight is 240 g/mol. The van der Waals surface area contributed by atoms with E-state index < -0.39 is 0 Å². The van der Waals surface area contributed by atoms with Gasteiger partial charge in [0, 0.05) is 18.9 Å². The molecule has 5 heteroatoms. The second-order valence-electron chi connectivity index (χ2n) is 4.50. The number of aliphatic hydroxyl groups excluding tert-OH is 1. The number of ether oxygens (including phenoxy) is 1. The van der Waals surface area contributed by atoms with Crippen molar-refractivity contribution in [1.82, 2.24) is 10.1 Å². The molecule has 0 atom stereocenters. The lowest BCUT2D eigenvalue weighted by Crippen LogP contribution is -2.17. The van der Waals surface area contributed by atoms with Gasteiger partial charge in [0.1, 0.15) is 0 Å². The number of hydrogen-bond acceptors (Lipinski definition) is 5. The Balaban J connectivity index is 1.85. The topological polar surface area (TPSA) is 68.4 Å². The SMILES string of the molecule is CCOCCc1noc(C2CCC(O)CC2)n1. The summed E-state index contributed by atoms with van der Waals surface area (Å²) >= 11 is 0. The quantitative estimate of drug-likeness (QED) is 0.793. The molecule has 1 aromatic heterocycles. The van der Waals surface area contributed by atoms with E-state index in [9.17, 15) is 5.11 Å². The first-order chi connectivity index (χ1) is 8.29. The first kappa shape index (κ1) is 12.5. The molecule has 0 unspecified atom stereocenters. The predicted molar refractivity (Wildman–Crippen MR) is 61.7 cm³/mol. The molecule has 1 aliphatic carbocycles. The zero-order valence-corrected chi connectivity index (χ0v) is 10.3. The highest BCUT2D eigenvalue weighted by Crippen LogP contribution is 2.31. The van der Waals surface area contributed by atoms with E-state index >= 15 is 0 Å². The molecular weight excluding hydrogens is 220 g/mol. The van der Waals surface area contributed by atoms with Gasteiger partial charge < -0.3 is 14.4 Å². The molecule has 0 aliphatic heterocycles. The Kier molecular flexibility index (Phi) is 4.50. The standard InChI is InChI=1S/C12H20N2O3/c1-2-16-8-7-11-13-12(17-14-11)9-3-5-10(15)6-4-9/h9-10,15H,2-8H2,1H3. The lowest BCUT2D eigenvalue weighted by molar-refractivity contribution is 0.116. The number of rotatable bonds is 5. The minimum Gasteiger partial charge on any atom is -0.393 e. The maximum Gasteiger partial charge on any atom is 0.229 e. The molecule has 2 rings (SSSR count). The number of nitrogens with zero attached hydrogens (tertiary/aromatic N) is 2. The summed E-state index contributed by atoms with van der Waals surface area (Å²) in [7, 11) is 0. The fraction of sp³-hybridized carbons (Fsp3) is 0.833. The molecule has 17 heavy (non-hydrogen) atoms. The number of hydrogen-bond donors (Lipinski definition) is 1. The summed E-state index contributed by atoms with van der Waals surface area (Å²) in [5, 5.41) is 13.4. The van der Waals surface area contributed by atoms with E-state index in [0.29, 0.717) is 25.6 Å². The second-order valence-corrected chi connectivity index (χ2v) is 4.50. The van der Waals surface area contributed by atoms with Crippen LogP contribution in [0.3, 0.4) is 0 Å². The Morgan fingerprint density at radius 3 is 2.82 bits per heavy atom. The Hall–Kier alpha value is -0.940. The Labute approximate surface area is 101 Å². The highest BCUT2D eigenvalue weighted by atomic mass is 16.5. The maximum absolute atomic E-state index is 9.44. The van der Waals surface area contributed by atoms with Crippen molar-refractivity contribution < 1.29 is 14.4 Å². The monoisotopic (exact) mass is 240 g/mol. The summed E-state index contributed by atoms with van der Waals surface area (Å²) in [4.78, 5) is 4.39. The molecule has 0 bridgehead atoms. The Bertz CT molecular complexity index is 332. The summed E-state index contributed by atoms with van der Waals surface area (Å²) in [5.41, 5.74) is 0. The van der Waals surface area contributed by atoms with Gasteiger partial charge >= 0.3 is 0 Å². The third kappa shape index (κ3) is 3.51. The van der Waals surface area contributed by atoms with Gasteiger partial charge in [0.25, 0.3) is 0 Å². The first-order valence-corrected chi connectivity index (χ1v) is 6.38. The van der Waals surface area contributed by atoms with Crippen LogP contribution in [-0.4, -0.2) is 34.6 Å². The molecule has 1 N–H and O–H groups in total. The fourth-order valence-electron chi connectivity index (χ4n) is 2.17. The highest BCUT2D eigenvalue weighted by molar-refractivity contribution is 4.96. The van der Waals surface area contributed by atoms with Crippen LogP contribution in [0.4, 0.5) is 0 Å². The summed E-state index contributed by atoms with van der Waals surface area (Å²) in [5.74, 6) is 1.77. The third-order valence-corrected chi connectivity index (χ3v) is 3.20. The second kappa shape index (κ2) is 6.12. The molecule has 1 heterocycles. The lowest BCUT2D eigenvalue weighted by atomic mass is 9.87. The van der Waals surface area contributed by atoms with E-state index in [-0.39, 0.29) is 6.10 Å². The van der Waals surface area contributed by atoms with Gasteiger partial charge in [-0.15, -0.1) is 0 Å². The third-order valence-electron chi connectivity index (χ3n) is 3.20. The molecule has 0 saturated heterocycles. The van der Waals surface area contributed by atoms with Crippen LogP contribution in [0.15, 0.2) is 4.52 Å². The van der Waals surface area contributed by atoms with Crippen molar-refractivity contribution >= 4 is 0 Å². The van der Waals surface area contributed by atoms with Crippen LogP contribution >= 0.6 is 0 Å². The van der Waals surface area contributed by atoms with E-state index in [1.165, 1.54) is 0 Å². The minimum atomic E-state index is -0.147. The van der Waals surface area contributed by atoms with Crippen molar-refractivity contribution in [3.63, 3.8) is 0 Å². The molecule has 96 valence electrons. The molecule has 1 aliphatic rings. The zero-order chi connectivity index (χ0) is 12.1. The van der Waals surface area contributed by atoms with Gasteiger partial charge in [0.15, 0.2) is 5.82 Å². The van der Waals surface area contributed by atoms with Crippen molar-refractivity contribution in [2.75, 3.05) is 13.2 Å². The molecule has 0 spiro atoms. The van der Waals surface area contributed by atoms with E-state index in [1.54, 1.807) is 0 Å². The fourth-order valence-corrected chi connectivity index (χ4v) is 2.17. The van der Waals surface area contributed by atoms with Crippen molar-refractivity contribution in [2.45, 2.75) is 51.0 Å². The van der Waals surface area contributed by atoms with Crippen LogP contribution in [0.2, 0.25) is 0 Å². The molecular formula is C12H20N2O3. The van der Waals surface area contributed by atoms with Crippen LogP contribution in [0.25, 0.3) is 0 Å². The van der Waals surface area contributed by atoms with Gasteiger partial charge in [-0.2, -0.15) is 4.98 Å². The summed E-state index contributed by atoms with van der Waals surface area (Å²) in [6.45, 7) is 3.32. The normalized spacial score (nSPS) is 25.1. The van der Waals surface area contributed by atoms with Crippen LogP contribution in [-0.2, 0) is 11.2 Å². The van der Waals surface area contributed by atoms with Gasteiger partial charge in [-0.05, 0) is 32.6 Å². The van der Waals surface area contributed by atoms with Gasteiger partial charge in [0.2, 0.25) is 5.89 Å². The molecule has 5 nitrogen and oxygen atoms in total. The summed E-state index contributed by atoms with van der Waals surface area (Å²) in [6.07, 6.45) is 4.10. The van der Waals surface area contributed by atoms with Gasteiger partial charge in [-0.3, -0.25) is 0 Å². The van der Waals surface area contributed by atoms with E-state index in [2.05, 4.69) is 10.1 Å². The largest absolute Gasteiger partial charge is 0.393 e. The van der Waals surface area contributed by atoms with Gasteiger partial charge in [-0.25, -0.2) is 0 Å². The van der Waals surface area contributed by atoms with E-state index in [0.717, 1.165) is 37.4 Å². The maximum atomic E-state index is 9.44. The van der Waals surface area contributed by atoms with Crippen LogP contribution < -0.4 is 0 Å². The zero-order valence-electron chi connectivity index (χ0n) is 10.3. The molecule has 1 aromatic rings. The Morgan fingerprint density at radius 2 is 2.12 bits per heavy atom. The van der Waals surface area contributed by atoms with Crippen LogP contribution in [0.1, 0.15) is 50.2 Å². The first-order valence-electron chi connectivity index (χ1n) is 6.38. The summed E-state index contributed by atoms with van der Waals surface area (Å²) < 4.78 is 10.5. The minimum absolute atomic E-state index is 0.147. The van der Waals surface area contributed by atoms with Gasteiger partial charge in [0.05, 0.1) is 12.7 Å². The average Bonchev–Trinajstić information content (AvgIpc) is 2.79. The molecule has 0 amide bonds. The van der Waals surface area contributed by atoms with E-state index in [4.69, 9.17) is 9.26 Å².